The molecule has 1 fully saturated rings. The van der Waals surface area contributed by atoms with Gasteiger partial charge in [-0.1, -0.05) is 26.7 Å². The Balaban J connectivity index is 2.22. The van der Waals surface area contributed by atoms with Gasteiger partial charge < -0.3 is 5.73 Å². The van der Waals surface area contributed by atoms with Crippen molar-refractivity contribution >= 4 is 0 Å². The van der Waals surface area contributed by atoms with E-state index in [-0.39, 0.29) is 0 Å². The molecule has 0 aromatic carbocycles. The second-order valence-corrected chi connectivity index (χ2v) is 5.24. The molecule has 0 radical (unpaired) electrons. The van der Waals surface area contributed by atoms with Crippen LogP contribution in [0.15, 0.2) is 0 Å². The maximum absolute atomic E-state index is 5.82. The summed E-state index contributed by atoms with van der Waals surface area (Å²) in [5.41, 5.74) is 5.82. The molecular formula is C12H25N. The van der Waals surface area contributed by atoms with Crippen molar-refractivity contribution in [3.05, 3.63) is 0 Å². The molecular weight excluding hydrogens is 158 g/mol. The van der Waals surface area contributed by atoms with Crippen LogP contribution in [0.5, 0.6) is 0 Å². The fourth-order valence-corrected chi connectivity index (χ4v) is 2.62. The predicted octanol–water partition coefficient (Wildman–Crippen LogP) is 3.19. The van der Waals surface area contributed by atoms with Crippen molar-refractivity contribution in [2.24, 2.45) is 23.5 Å². The van der Waals surface area contributed by atoms with Gasteiger partial charge in [-0.05, 0) is 43.9 Å². The smallest absolute Gasteiger partial charge is 0.00131 e. The van der Waals surface area contributed by atoms with Gasteiger partial charge in [0.15, 0.2) is 0 Å². The van der Waals surface area contributed by atoms with Gasteiger partial charge in [0, 0.05) is 6.04 Å². The van der Waals surface area contributed by atoms with E-state index in [2.05, 4.69) is 20.8 Å². The lowest BCUT2D eigenvalue weighted by Crippen LogP contribution is -2.24. The summed E-state index contributed by atoms with van der Waals surface area (Å²) in [5.74, 6) is 2.80. The van der Waals surface area contributed by atoms with E-state index in [1.807, 2.05) is 0 Å². The minimum absolute atomic E-state index is 0.403. The van der Waals surface area contributed by atoms with Crippen molar-refractivity contribution in [3.8, 4) is 0 Å². The quantitative estimate of drug-likeness (QED) is 0.714. The molecule has 1 saturated carbocycles. The van der Waals surface area contributed by atoms with E-state index in [0.29, 0.717) is 6.04 Å². The van der Waals surface area contributed by atoms with Crippen LogP contribution in [0.2, 0.25) is 0 Å². The van der Waals surface area contributed by atoms with Crippen LogP contribution in [-0.4, -0.2) is 6.04 Å². The molecule has 1 heteroatoms. The third-order valence-electron chi connectivity index (χ3n) is 3.54. The van der Waals surface area contributed by atoms with Crippen molar-refractivity contribution in [2.75, 3.05) is 0 Å². The highest BCUT2D eigenvalue weighted by Crippen LogP contribution is 2.34. The first kappa shape index (κ1) is 11.0. The van der Waals surface area contributed by atoms with Gasteiger partial charge in [-0.2, -0.15) is 0 Å². The molecule has 1 aliphatic carbocycles. The molecule has 0 saturated heterocycles. The summed E-state index contributed by atoms with van der Waals surface area (Å²) in [5, 5.41) is 0. The van der Waals surface area contributed by atoms with Crippen molar-refractivity contribution < 1.29 is 0 Å². The van der Waals surface area contributed by atoms with E-state index >= 15 is 0 Å². The Bertz CT molecular complexity index is 132. The number of hydrogen-bond donors (Lipinski definition) is 1. The maximum Gasteiger partial charge on any atom is 0.00131 e. The number of rotatable bonds is 3. The monoisotopic (exact) mass is 183 g/mol. The van der Waals surface area contributed by atoms with E-state index in [1.165, 1.54) is 32.1 Å². The van der Waals surface area contributed by atoms with Crippen LogP contribution in [0.1, 0.15) is 52.9 Å². The van der Waals surface area contributed by atoms with Crippen LogP contribution >= 0.6 is 0 Å². The zero-order valence-corrected chi connectivity index (χ0v) is 9.42. The zero-order chi connectivity index (χ0) is 9.84. The third-order valence-corrected chi connectivity index (χ3v) is 3.54. The molecule has 0 amide bonds. The summed E-state index contributed by atoms with van der Waals surface area (Å²) in [7, 11) is 0. The molecule has 13 heavy (non-hydrogen) atoms. The standard InChI is InChI=1S/C12H25N/c1-9(2)12-6-4-11(5-7-12)8-10(3)13/h9-12H,4-8,13H2,1-3H3. The molecule has 1 aliphatic rings. The highest BCUT2D eigenvalue weighted by Gasteiger charge is 2.23. The molecule has 0 aliphatic heterocycles. The summed E-state index contributed by atoms with van der Waals surface area (Å²) in [4.78, 5) is 0. The normalized spacial score (nSPS) is 32.1. The first-order chi connectivity index (χ1) is 6.09. The van der Waals surface area contributed by atoms with Crippen LogP contribution in [-0.2, 0) is 0 Å². The molecule has 1 nitrogen and oxygen atoms in total. The molecule has 2 N–H and O–H groups in total. The number of hydrogen-bond acceptors (Lipinski definition) is 1. The van der Waals surface area contributed by atoms with Gasteiger partial charge in [-0.3, -0.25) is 0 Å². The molecule has 0 bridgehead atoms. The average molecular weight is 183 g/mol. The van der Waals surface area contributed by atoms with Crippen LogP contribution in [0.25, 0.3) is 0 Å². The van der Waals surface area contributed by atoms with Gasteiger partial charge in [0.1, 0.15) is 0 Å². The highest BCUT2D eigenvalue weighted by molar-refractivity contribution is 4.76. The topological polar surface area (TPSA) is 26.0 Å². The molecule has 0 aromatic rings. The third kappa shape index (κ3) is 3.68. The van der Waals surface area contributed by atoms with Crippen LogP contribution in [0, 0.1) is 17.8 Å². The fraction of sp³-hybridized carbons (Fsp3) is 1.00. The largest absolute Gasteiger partial charge is 0.328 e. The van der Waals surface area contributed by atoms with Crippen molar-refractivity contribution in [1.82, 2.24) is 0 Å². The Morgan fingerprint density at radius 1 is 1.08 bits per heavy atom. The summed E-state index contributed by atoms with van der Waals surface area (Å²) in [6.45, 7) is 6.85. The maximum atomic E-state index is 5.82. The Morgan fingerprint density at radius 2 is 1.62 bits per heavy atom. The van der Waals surface area contributed by atoms with Crippen molar-refractivity contribution in [2.45, 2.75) is 58.9 Å². The van der Waals surface area contributed by atoms with Gasteiger partial charge in [0.05, 0.1) is 0 Å². The summed E-state index contributed by atoms with van der Waals surface area (Å²) < 4.78 is 0. The molecule has 0 aromatic heterocycles. The number of nitrogens with two attached hydrogens (primary N) is 1. The lowest BCUT2D eigenvalue weighted by Gasteiger charge is -2.31. The zero-order valence-electron chi connectivity index (χ0n) is 9.42. The predicted molar refractivity (Wildman–Crippen MR) is 58.6 cm³/mol. The van der Waals surface area contributed by atoms with Crippen LogP contribution in [0.3, 0.4) is 0 Å². The second-order valence-electron chi connectivity index (χ2n) is 5.24. The Hall–Kier alpha value is -0.0400. The summed E-state index contributed by atoms with van der Waals surface area (Å²) in [6, 6.07) is 0.403. The highest BCUT2D eigenvalue weighted by atomic mass is 14.6. The molecule has 1 unspecified atom stereocenters. The molecule has 0 spiro atoms. The van der Waals surface area contributed by atoms with E-state index < -0.39 is 0 Å². The Kier molecular flexibility index (Phi) is 4.24. The van der Waals surface area contributed by atoms with E-state index in [4.69, 9.17) is 5.73 Å². The lowest BCUT2D eigenvalue weighted by atomic mass is 9.75. The minimum atomic E-state index is 0.403. The molecule has 0 heterocycles. The van der Waals surface area contributed by atoms with Gasteiger partial charge >= 0.3 is 0 Å². The van der Waals surface area contributed by atoms with Crippen LogP contribution < -0.4 is 5.73 Å². The van der Waals surface area contributed by atoms with Gasteiger partial charge in [-0.15, -0.1) is 0 Å². The lowest BCUT2D eigenvalue weighted by molar-refractivity contribution is 0.212. The first-order valence-corrected chi connectivity index (χ1v) is 5.85. The van der Waals surface area contributed by atoms with Gasteiger partial charge in [0.2, 0.25) is 0 Å². The Labute approximate surface area is 83.1 Å². The molecule has 1 atom stereocenters. The molecule has 78 valence electrons. The van der Waals surface area contributed by atoms with Crippen molar-refractivity contribution in [1.29, 1.82) is 0 Å². The van der Waals surface area contributed by atoms with Gasteiger partial charge in [-0.25, -0.2) is 0 Å². The van der Waals surface area contributed by atoms with E-state index in [1.54, 1.807) is 0 Å². The van der Waals surface area contributed by atoms with E-state index in [0.717, 1.165) is 17.8 Å². The first-order valence-electron chi connectivity index (χ1n) is 5.85. The molecule has 1 rings (SSSR count). The SMILES string of the molecule is CC(N)CC1CCC(C(C)C)CC1. The Morgan fingerprint density at radius 3 is 2.00 bits per heavy atom. The minimum Gasteiger partial charge on any atom is -0.328 e. The van der Waals surface area contributed by atoms with Gasteiger partial charge in [0.25, 0.3) is 0 Å². The van der Waals surface area contributed by atoms with E-state index in [9.17, 15) is 0 Å². The average Bonchev–Trinajstić information content (AvgIpc) is 2.04. The fourth-order valence-electron chi connectivity index (χ4n) is 2.62. The summed E-state index contributed by atoms with van der Waals surface area (Å²) >= 11 is 0. The van der Waals surface area contributed by atoms with Crippen molar-refractivity contribution in [3.63, 3.8) is 0 Å². The second kappa shape index (κ2) is 4.99. The van der Waals surface area contributed by atoms with Crippen LogP contribution in [0.4, 0.5) is 0 Å². The summed E-state index contributed by atoms with van der Waals surface area (Å²) in [6.07, 6.45) is 6.96.